The number of aliphatic carboxylic acids is 1. The lowest BCUT2D eigenvalue weighted by Gasteiger charge is -2.28. The van der Waals surface area contributed by atoms with Gasteiger partial charge < -0.3 is 15.3 Å². The molecule has 7 heteroatoms. The molecule has 2 amide bonds. The monoisotopic (exact) mass is 324 g/mol. The van der Waals surface area contributed by atoms with Gasteiger partial charge >= 0.3 is 12.0 Å². The number of carboxylic acid groups (broad SMARTS) is 1. The molecule has 124 valence electrons. The van der Waals surface area contributed by atoms with Gasteiger partial charge in [0.05, 0.1) is 12.0 Å². The highest BCUT2D eigenvalue weighted by Crippen LogP contribution is 2.32. The number of hydrogen-bond donors (Lipinski definition) is 2. The second-order valence-electron chi connectivity index (χ2n) is 6.12. The molecule has 0 aromatic heterocycles. The molecule has 23 heavy (non-hydrogen) atoms. The lowest BCUT2D eigenvalue weighted by molar-refractivity contribution is -0.141. The van der Waals surface area contributed by atoms with Crippen molar-refractivity contribution in [2.45, 2.75) is 31.7 Å². The molecule has 1 heterocycles. The van der Waals surface area contributed by atoms with Gasteiger partial charge in [-0.2, -0.15) is 0 Å². The first-order valence-corrected chi connectivity index (χ1v) is 7.71. The fourth-order valence-electron chi connectivity index (χ4n) is 3.37. The molecule has 1 aromatic carbocycles. The van der Waals surface area contributed by atoms with Gasteiger partial charge in [-0.05, 0) is 42.9 Å². The molecule has 1 unspecified atom stereocenters. The van der Waals surface area contributed by atoms with E-state index in [0.29, 0.717) is 43.4 Å². The van der Waals surface area contributed by atoms with Crippen LogP contribution in [0.15, 0.2) is 12.1 Å². The summed E-state index contributed by atoms with van der Waals surface area (Å²) in [6.07, 6.45) is 2.27. The predicted octanol–water partition coefficient (Wildman–Crippen LogP) is 2.46. The van der Waals surface area contributed by atoms with Crippen molar-refractivity contribution in [1.82, 2.24) is 10.2 Å². The van der Waals surface area contributed by atoms with E-state index in [-0.39, 0.29) is 12.6 Å². The maximum absolute atomic E-state index is 13.9. The number of nitrogens with zero attached hydrogens (tertiary/aromatic N) is 1. The lowest BCUT2D eigenvalue weighted by atomic mass is 9.87. The van der Waals surface area contributed by atoms with Crippen molar-refractivity contribution in [2.75, 3.05) is 13.1 Å². The zero-order valence-electron chi connectivity index (χ0n) is 12.5. The van der Waals surface area contributed by atoms with Gasteiger partial charge in [-0.25, -0.2) is 13.6 Å². The van der Waals surface area contributed by atoms with Crippen molar-refractivity contribution in [3.05, 3.63) is 34.9 Å². The molecule has 2 aliphatic rings. The summed E-state index contributed by atoms with van der Waals surface area (Å²) in [4.78, 5) is 24.7. The smallest absolute Gasteiger partial charge is 0.317 e. The highest BCUT2D eigenvalue weighted by Gasteiger charge is 2.33. The van der Waals surface area contributed by atoms with E-state index >= 15 is 0 Å². The number of hydrogen-bond acceptors (Lipinski definition) is 2. The molecular weight excluding hydrogens is 306 g/mol. The third-order valence-corrected chi connectivity index (χ3v) is 4.61. The second-order valence-corrected chi connectivity index (χ2v) is 6.12. The number of benzene rings is 1. The Bertz CT molecular complexity index is 650. The molecule has 0 bridgehead atoms. The first-order chi connectivity index (χ1) is 11.0. The summed E-state index contributed by atoms with van der Waals surface area (Å²) >= 11 is 0. The van der Waals surface area contributed by atoms with Crippen LogP contribution in [0.3, 0.4) is 0 Å². The largest absolute Gasteiger partial charge is 0.481 e. The van der Waals surface area contributed by atoms with E-state index in [4.69, 9.17) is 5.11 Å². The highest BCUT2D eigenvalue weighted by molar-refractivity contribution is 5.77. The van der Waals surface area contributed by atoms with Crippen molar-refractivity contribution in [3.8, 4) is 0 Å². The first kappa shape index (κ1) is 15.7. The summed E-state index contributed by atoms with van der Waals surface area (Å²) in [6.45, 7) is 0.540. The number of nitrogens with one attached hydrogen (secondary N) is 1. The van der Waals surface area contributed by atoms with E-state index < -0.39 is 29.6 Å². The number of carboxylic acids is 1. The van der Waals surface area contributed by atoms with Crippen LogP contribution in [0.1, 0.15) is 36.4 Å². The van der Waals surface area contributed by atoms with Crippen LogP contribution in [-0.2, 0) is 11.2 Å². The van der Waals surface area contributed by atoms with Crippen molar-refractivity contribution in [3.63, 3.8) is 0 Å². The lowest BCUT2D eigenvalue weighted by Crippen LogP contribution is -2.41. The van der Waals surface area contributed by atoms with Crippen LogP contribution < -0.4 is 5.32 Å². The SMILES string of the molecule is O=C(O)C1CCN(C(=O)N[C@H]2CCCc3c(F)cc(F)cc32)C1. The highest BCUT2D eigenvalue weighted by atomic mass is 19.1. The molecule has 1 aliphatic heterocycles. The number of fused-ring (bicyclic) bond motifs is 1. The molecule has 1 aromatic rings. The first-order valence-electron chi connectivity index (χ1n) is 7.71. The number of likely N-dealkylation sites (tertiary alicyclic amines) is 1. The summed E-state index contributed by atoms with van der Waals surface area (Å²) in [5.41, 5.74) is 0.934. The standard InChI is InChI=1S/C16H18F2N2O3/c17-10-6-12-11(13(18)7-10)2-1-3-14(12)19-16(23)20-5-4-9(8-20)15(21)22/h6-7,9,14H,1-5,8H2,(H,19,23)(H,21,22)/t9?,14-/m0/s1. The Hall–Kier alpha value is -2.18. The molecular formula is C16H18F2N2O3. The minimum absolute atomic E-state index is 0.165. The summed E-state index contributed by atoms with van der Waals surface area (Å²) in [6, 6.07) is 1.31. The van der Waals surface area contributed by atoms with Crippen LogP contribution in [0.25, 0.3) is 0 Å². The van der Waals surface area contributed by atoms with E-state index in [1.807, 2.05) is 0 Å². The summed E-state index contributed by atoms with van der Waals surface area (Å²) in [7, 11) is 0. The van der Waals surface area contributed by atoms with Gasteiger partial charge in [-0.3, -0.25) is 4.79 Å². The normalized spacial score (nSPS) is 23.5. The molecule has 0 radical (unpaired) electrons. The topological polar surface area (TPSA) is 69.6 Å². The average molecular weight is 324 g/mol. The zero-order chi connectivity index (χ0) is 16.6. The minimum Gasteiger partial charge on any atom is -0.481 e. The van der Waals surface area contributed by atoms with Gasteiger partial charge in [0.1, 0.15) is 11.6 Å². The summed E-state index contributed by atoms with van der Waals surface area (Å²) in [5.74, 6) is -2.69. The van der Waals surface area contributed by atoms with Crippen LogP contribution in [0, 0.1) is 17.6 Å². The molecule has 0 saturated carbocycles. The van der Waals surface area contributed by atoms with Gasteiger partial charge in [-0.15, -0.1) is 0 Å². The number of carbonyl (C=O) groups is 2. The van der Waals surface area contributed by atoms with Crippen LogP contribution >= 0.6 is 0 Å². The molecule has 2 N–H and O–H groups in total. The third-order valence-electron chi connectivity index (χ3n) is 4.61. The molecule has 2 atom stereocenters. The number of halogens is 2. The Morgan fingerprint density at radius 3 is 2.74 bits per heavy atom. The molecule has 1 fully saturated rings. The number of urea groups is 1. The Morgan fingerprint density at radius 2 is 2.04 bits per heavy atom. The van der Waals surface area contributed by atoms with E-state index in [1.54, 1.807) is 0 Å². The van der Waals surface area contributed by atoms with Crippen LogP contribution in [0.4, 0.5) is 13.6 Å². The fourth-order valence-corrected chi connectivity index (χ4v) is 3.37. The van der Waals surface area contributed by atoms with E-state index in [9.17, 15) is 18.4 Å². The number of rotatable bonds is 2. The molecule has 5 nitrogen and oxygen atoms in total. The second kappa shape index (κ2) is 6.14. The van der Waals surface area contributed by atoms with Crippen LogP contribution in [0.2, 0.25) is 0 Å². The van der Waals surface area contributed by atoms with Gasteiger partial charge in [0.25, 0.3) is 0 Å². The van der Waals surface area contributed by atoms with E-state index in [2.05, 4.69) is 5.32 Å². The number of amides is 2. The Labute approximate surface area is 132 Å². The molecule has 1 saturated heterocycles. The van der Waals surface area contributed by atoms with E-state index in [1.165, 1.54) is 11.0 Å². The zero-order valence-corrected chi connectivity index (χ0v) is 12.5. The van der Waals surface area contributed by atoms with Crippen molar-refractivity contribution < 1.29 is 23.5 Å². The Balaban J connectivity index is 1.73. The fraction of sp³-hybridized carbons (Fsp3) is 0.500. The van der Waals surface area contributed by atoms with Crippen LogP contribution in [-0.4, -0.2) is 35.1 Å². The minimum atomic E-state index is -0.910. The van der Waals surface area contributed by atoms with Crippen molar-refractivity contribution in [2.24, 2.45) is 5.92 Å². The quantitative estimate of drug-likeness (QED) is 0.878. The van der Waals surface area contributed by atoms with Gasteiger partial charge in [0.2, 0.25) is 0 Å². The Morgan fingerprint density at radius 1 is 1.26 bits per heavy atom. The van der Waals surface area contributed by atoms with Crippen molar-refractivity contribution >= 4 is 12.0 Å². The van der Waals surface area contributed by atoms with Crippen molar-refractivity contribution in [1.29, 1.82) is 0 Å². The van der Waals surface area contributed by atoms with Crippen LogP contribution in [0.5, 0.6) is 0 Å². The maximum Gasteiger partial charge on any atom is 0.317 e. The van der Waals surface area contributed by atoms with Gasteiger partial charge in [0, 0.05) is 19.2 Å². The Kier molecular flexibility index (Phi) is 4.19. The summed E-state index contributed by atoms with van der Waals surface area (Å²) < 4.78 is 27.3. The average Bonchev–Trinajstić information content (AvgIpc) is 2.98. The summed E-state index contributed by atoms with van der Waals surface area (Å²) in [5, 5.41) is 11.8. The molecule has 0 spiro atoms. The maximum atomic E-state index is 13.9. The van der Waals surface area contributed by atoms with Gasteiger partial charge in [0.15, 0.2) is 0 Å². The third kappa shape index (κ3) is 3.13. The molecule has 3 rings (SSSR count). The van der Waals surface area contributed by atoms with E-state index in [0.717, 1.165) is 6.07 Å². The molecule has 1 aliphatic carbocycles. The van der Waals surface area contributed by atoms with Gasteiger partial charge in [-0.1, -0.05) is 0 Å². The predicted molar refractivity (Wildman–Crippen MR) is 77.9 cm³/mol. The number of carbonyl (C=O) groups excluding carboxylic acids is 1.